The number of nitrogens with zero attached hydrogens (tertiary/aromatic N) is 4. The zero-order valence-electron chi connectivity index (χ0n) is 14.9. The van der Waals surface area contributed by atoms with Crippen LogP contribution in [0.3, 0.4) is 0 Å². The van der Waals surface area contributed by atoms with Gasteiger partial charge in [0, 0.05) is 30.6 Å². The highest BCUT2D eigenvalue weighted by Crippen LogP contribution is 2.23. The summed E-state index contributed by atoms with van der Waals surface area (Å²) in [6, 6.07) is 8.41. The molecule has 0 unspecified atom stereocenters. The fourth-order valence-corrected chi connectivity index (χ4v) is 2.72. The molecule has 0 saturated carbocycles. The van der Waals surface area contributed by atoms with E-state index in [4.69, 9.17) is 5.26 Å². The molecule has 6 nitrogen and oxygen atoms in total. The van der Waals surface area contributed by atoms with Crippen LogP contribution in [0.4, 0.5) is 5.13 Å². The maximum Gasteiger partial charge on any atom is 0.273 e. The molecule has 0 fully saturated rings. The summed E-state index contributed by atoms with van der Waals surface area (Å²) in [7, 11) is 3.34. The molecule has 2 rings (SSSR count). The normalized spacial score (nSPS) is 10.9. The zero-order chi connectivity index (χ0) is 18.8. The lowest BCUT2D eigenvalue weighted by molar-refractivity contribution is 0.0650. The van der Waals surface area contributed by atoms with Crippen molar-refractivity contribution >= 4 is 28.3 Å². The molecule has 0 aliphatic rings. The summed E-state index contributed by atoms with van der Waals surface area (Å²) in [5, 5.41) is 10.9. The van der Waals surface area contributed by atoms with Gasteiger partial charge < -0.3 is 4.90 Å². The van der Waals surface area contributed by atoms with E-state index in [0.717, 1.165) is 0 Å². The number of carbonyl (C=O) groups excluding carboxylic acids is 2. The number of hydrogen-bond donors (Lipinski definition) is 0. The molecule has 130 valence electrons. The van der Waals surface area contributed by atoms with Crippen LogP contribution in [0.15, 0.2) is 29.6 Å². The minimum Gasteiger partial charge on any atom is -0.336 e. The van der Waals surface area contributed by atoms with E-state index in [0.29, 0.717) is 22.0 Å². The summed E-state index contributed by atoms with van der Waals surface area (Å²) in [4.78, 5) is 32.3. The van der Waals surface area contributed by atoms with Crippen molar-refractivity contribution in [3.63, 3.8) is 0 Å². The van der Waals surface area contributed by atoms with Crippen LogP contribution >= 0.6 is 11.3 Å². The highest BCUT2D eigenvalue weighted by atomic mass is 32.1. The smallest absolute Gasteiger partial charge is 0.273 e. The average Bonchev–Trinajstić information content (AvgIpc) is 3.08. The number of amides is 2. The van der Waals surface area contributed by atoms with Crippen molar-refractivity contribution in [1.82, 2.24) is 9.88 Å². The Kier molecular flexibility index (Phi) is 5.24. The van der Waals surface area contributed by atoms with Crippen LogP contribution in [0.25, 0.3) is 0 Å². The largest absolute Gasteiger partial charge is 0.336 e. The van der Waals surface area contributed by atoms with E-state index in [1.165, 1.54) is 16.2 Å². The number of anilines is 1. The predicted octanol–water partition coefficient (Wildman–Crippen LogP) is 3.16. The number of benzene rings is 1. The summed E-state index contributed by atoms with van der Waals surface area (Å²) in [6.07, 6.45) is 0. The Morgan fingerprint density at radius 3 is 2.24 bits per heavy atom. The Morgan fingerprint density at radius 2 is 1.72 bits per heavy atom. The molecule has 0 atom stereocenters. The van der Waals surface area contributed by atoms with E-state index in [1.807, 2.05) is 26.8 Å². The summed E-state index contributed by atoms with van der Waals surface area (Å²) < 4.78 is 0. The third-order valence-electron chi connectivity index (χ3n) is 3.87. The maximum atomic E-state index is 12.5. The first kappa shape index (κ1) is 18.6. The molecule has 1 aromatic heterocycles. The van der Waals surface area contributed by atoms with Gasteiger partial charge in [0.15, 0.2) is 5.13 Å². The van der Waals surface area contributed by atoms with Gasteiger partial charge in [0.25, 0.3) is 11.8 Å². The Balaban J connectivity index is 2.19. The van der Waals surface area contributed by atoms with Crippen LogP contribution in [0.2, 0.25) is 0 Å². The summed E-state index contributed by atoms with van der Waals surface area (Å²) in [5.74, 6) is -0.434. The molecule has 1 aromatic carbocycles. The summed E-state index contributed by atoms with van der Waals surface area (Å²) >= 11 is 1.24. The van der Waals surface area contributed by atoms with Gasteiger partial charge >= 0.3 is 0 Å². The van der Waals surface area contributed by atoms with Gasteiger partial charge in [-0.15, -0.1) is 11.3 Å². The molecule has 0 radical (unpaired) electrons. The molecule has 0 bridgehead atoms. The highest BCUT2D eigenvalue weighted by molar-refractivity contribution is 7.14. The molecule has 0 aliphatic heterocycles. The third-order valence-corrected chi connectivity index (χ3v) is 4.79. The van der Waals surface area contributed by atoms with Crippen molar-refractivity contribution in [3.8, 4) is 6.07 Å². The zero-order valence-corrected chi connectivity index (χ0v) is 15.7. The van der Waals surface area contributed by atoms with Gasteiger partial charge in [-0.2, -0.15) is 5.26 Å². The molecule has 0 spiro atoms. The minimum absolute atomic E-state index is 0.186. The molecule has 2 aromatic rings. The standard InChI is InChI=1S/C18H20N4O2S/c1-18(2,3)22(5)16(24)14-11-25-17(20-14)21(4)15(23)13-8-6-12(10-19)7-9-13/h6-9,11H,1-5H3. The van der Waals surface area contributed by atoms with E-state index in [-0.39, 0.29) is 17.4 Å². The van der Waals surface area contributed by atoms with Gasteiger partial charge in [0.2, 0.25) is 0 Å². The second-order valence-corrected chi connectivity index (χ2v) is 7.44. The quantitative estimate of drug-likeness (QED) is 0.846. The van der Waals surface area contributed by atoms with E-state index in [1.54, 1.807) is 48.6 Å². The average molecular weight is 356 g/mol. The lowest BCUT2D eigenvalue weighted by atomic mass is 10.1. The van der Waals surface area contributed by atoms with Crippen LogP contribution in [0.1, 0.15) is 47.2 Å². The van der Waals surface area contributed by atoms with Crippen molar-refractivity contribution in [3.05, 3.63) is 46.5 Å². The van der Waals surface area contributed by atoms with Crippen molar-refractivity contribution in [1.29, 1.82) is 5.26 Å². The van der Waals surface area contributed by atoms with Gasteiger partial charge in [-0.1, -0.05) is 0 Å². The molecule has 25 heavy (non-hydrogen) atoms. The van der Waals surface area contributed by atoms with E-state index >= 15 is 0 Å². The minimum atomic E-state index is -0.314. The lowest BCUT2D eigenvalue weighted by Gasteiger charge is -2.31. The summed E-state index contributed by atoms with van der Waals surface area (Å²) in [6.45, 7) is 5.83. The van der Waals surface area contributed by atoms with E-state index < -0.39 is 0 Å². The van der Waals surface area contributed by atoms with Gasteiger partial charge in [-0.3, -0.25) is 14.5 Å². The topological polar surface area (TPSA) is 77.3 Å². The van der Waals surface area contributed by atoms with Crippen molar-refractivity contribution in [2.45, 2.75) is 26.3 Å². The van der Waals surface area contributed by atoms with Crippen LogP contribution in [0.5, 0.6) is 0 Å². The second-order valence-electron chi connectivity index (χ2n) is 6.60. The van der Waals surface area contributed by atoms with Crippen LogP contribution in [-0.2, 0) is 0 Å². The number of hydrogen-bond acceptors (Lipinski definition) is 5. The molecular weight excluding hydrogens is 336 g/mol. The molecule has 1 heterocycles. The Labute approximate surface area is 151 Å². The highest BCUT2D eigenvalue weighted by Gasteiger charge is 2.26. The number of carbonyl (C=O) groups is 2. The monoisotopic (exact) mass is 356 g/mol. The Bertz CT molecular complexity index is 828. The SMILES string of the molecule is CN(C(=O)c1ccc(C#N)cc1)c1nc(C(=O)N(C)C(C)(C)C)cs1. The Morgan fingerprint density at radius 1 is 1.12 bits per heavy atom. The Hall–Kier alpha value is -2.72. The van der Waals surface area contributed by atoms with Gasteiger partial charge in [0.05, 0.1) is 11.6 Å². The van der Waals surface area contributed by atoms with E-state index in [9.17, 15) is 9.59 Å². The van der Waals surface area contributed by atoms with Crippen molar-refractivity contribution in [2.24, 2.45) is 0 Å². The number of aromatic nitrogens is 1. The van der Waals surface area contributed by atoms with Gasteiger partial charge in [0.1, 0.15) is 5.69 Å². The van der Waals surface area contributed by atoms with Crippen molar-refractivity contribution in [2.75, 3.05) is 19.0 Å². The molecule has 7 heteroatoms. The van der Waals surface area contributed by atoms with E-state index in [2.05, 4.69) is 4.98 Å². The fourth-order valence-electron chi connectivity index (χ4n) is 1.96. The molecule has 0 aliphatic carbocycles. The predicted molar refractivity (Wildman–Crippen MR) is 97.9 cm³/mol. The van der Waals surface area contributed by atoms with Gasteiger partial charge in [-0.25, -0.2) is 4.98 Å². The first-order valence-electron chi connectivity index (χ1n) is 7.67. The van der Waals surface area contributed by atoms with Crippen LogP contribution in [-0.4, -0.2) is 41.3 Å². The number of thiazole rings is 1. The summed E-state index contributed by atoms with van der Waals surface area (Å²) in [5.41, 5.74) is 0.949. The van der Waals surface area contributed by atoms with Crippen LogP contribution in [0, 0.1) is 11.3 Å². The molecule has 2 amide bonds. The lowest BCUT2D eigenvalue weighted by Crippen LogP contribution is -2.42. The molecule has 0 N–H and O–H groups in total. The first-order chi connectivity index (χ1) is 11.6. The van der Waals surface area contributed by atoms with Crippen molar-refractivity contribution < 1.29 is 9.59 Å². The fraction of sp³-hybridized carbons (Fsp3) is 0.333. The number of nitriles is 1. The molecular formula is C18H20N4O2S. The third kappa shape index (κ3) is 4.03. The maximum absolute atomic E-state index is 12.5. The second kappa shape index (κ2) is 7.03. The molecule has 0 saturated heterocycles. The first-order valence-corrected chi connectivity index (χ1v) is 8.55. The number of rotatable bonds is 3. The van der Waals surface area contributed by atoms with Gasteiger partial charge in [-0.05, 0) is 45.0 Å². The van der Waals surface area contributed by atoms with Crippen LogP contribution < -0.4 is 4.90 Å².